The summed E-state index contributed by atoms with van der Waals surface area (Å²) in [6.45, 7) is 1.91. The molecule has 0 amide bonds. The van der Waals surface area contributed by atoms with Crippen molar-refractivity contribution < 1.29 is 13.2 Å². The minimum absolute atomic E-state index is 0.152. The van der Waals surface area contributed by atoms with E-state index in [9.17, 15) is 13.2 Å². The Morgan fingerprint density at radius 2 is 2.12 bits per heavy atom. The maximum Gasteiger partial charge on any atom is 0.433 e. The Morgan fingerprint density at radius 3 is 2.62 bits per heavy atom. The van der Waals surface area contributed by atoms with Gasteiger partial charge in [-0.3, -0.25) is 0 Å². The smallest absolute Gasteiger partial charge is 0.236 e. The van der Waals surface area contributed by atoms with E-state index in [1.165, 1.54) is 11.8 Å². The van der Waals surface area contributed by atoms with E-state index >= 15 is 0 Å². The van der Waals surface area contributed by atoms with Gasteiger partial charge in [0.1, 0.15) is 16.8 Å². The largest absolute Gasteiger partial charge is 0.433 e. The Labute approximate surface area is 95.5 Å². The fraction of sp³-hybridized carbons (Fsp3) is 0.400. The van der Waals surface area contributed by atoms with Crippen LogP contribution in [-0.2, 0) is 6.18 Å². The van der Waals surface area contributed by atoms with Crippen LogP contribution in [0.2, 0.25) is 0 Å². The molecule has 1 aromatic rings. The van der Waals surface area contributed by atoms with E-state index in [-0.39, 0.29) is 10.6 Å². The number of halogens is 3. The fourth-order valence-electron chi connectivity index (χ4n) is 0.992. The van der Waals surface area contributed by atoms with Gasteiger partial charge in [0, 0.05) is 0 Å². The van der Waals surface area contributed by atoms with Crippen LogP contribution in [-0.4, -0.2) is 10.7 Å². The zero-order valence-corrected chi connectivity index (χ0v) is 9.32. The highest BCUT2D eigenvalue weighted by molar-refractivity contribution is 7.99. The number of pyridine rings is 1. The molecule has 2 nitrogen and oxygen atoms in total. The van der Waals surface area contributed by atoms with Gasteiger partial charge in [-0.05, 0) is 24.3 Å². The van der Waals surface area contributed by atoms with Crippen molar-refractivity contribution in [2.75, 3.05) is 5.75 Å². The highest BCUT2D eigenvalue weighted by atomic mass is 32.2. The lowest BCUT2D eigenvalue weighted by molar-refractivity contribution is -0.141. The van der Waals surface area contributed by atoms with E-state index in [1.807, 2.05) is 13.0 Å². The quantitative estimate of drug-likeness (QED) is 0.766. The molecule has 0 aliphatic rings. The van der Waals surface area contributed by atoms with Crippen molar-refractivity contribution >= 4 is 11.8 Å². The summed E-state index contributed by atoms with van der Waals surface area (Å²) < 4.78 is 37.1. The summed E-state index contributed by atoms with van der Waals surface area (Å²) in [7, 11) is 0. The van der Waals surface area contributed by atoms with Crippen LogP contribution in [0.4, 0.5) is 13.2 Å². The van der Waals surface area contributed by atoms with E-state index in [0.29, 0.717) is 5.75 Å². The first-order valence-electron chi connectivity index (χ1n) is 4.60. The van der Waals surface area contributed by atoms with Crippen LogP contribution in [0.15, 0.2) is 17.2 Å². The third kappa shape index (κ3) is 3.14. The molecular formula is C10H9F3N2S. The van der Waals surface area contributed by atoms with Gasteiger partial charge in [-0.15, -0.1) is 11.8 Å². The summed E-state index contributed by atoms with van der Waals surface area (Å²) in [5.41, 5.74) is -0.767. The Balaban J connectivity index is 3.07. The van der Waals surface area contributed by atoms with Gasteiger partial charge in [0.25, 0.3) is 0 Å². The molecule has 6 heteroatoms. The van der Waals surface area contributed by atoms with Crippen molar-refractivity contribution in [1.29, 1.82) is 5.26 Å². The molecule has 0 radical (unpaired) electrons. The van der Waals surface area contributed by atoms with Crippen molar-refractivity contribution in [3.05, 3.63) is 23.4 Å². The standard InChI is InChI=1S/C10H9F3N2S/c1-2-5-16-9-7(6-14)3-4-8(15-9)10(11,12)13/h3-4H,2,5H2,1H3. The van der Waals surface area contributed by atoms with Crippen molar-refractivity contribution in [3.8, 4) is 6.07 Å². The molecule has 86 valence electrons. The van der Waals surface area contributed by atoms with E-state index in [2.05, 4.69) is 4.98 Å². The zero-order chi connectivity index (χ0) is 12.2. The van der Waals surface area contributed by atoms with E-state index in [0.717, 1.165) is 18.6 Å². The number of hydrogen-bond donors (Lipinski definition) is 0. The number of hydrogen-bond acceptors (Lipinski definition) is 3. The van der Waals surface area contributed by atoms with Gasteiger partial charge in [0.2, 0.25) is 0 Å². The van der Waals surface area contributed by atoms with Crippen molar-refractivity contribution in [2.45, 2.75) is 24.5 Å². The van der Waals surface area contributed by atoms with Crippen LogP contribution in [0.1, 0.15) is 24.6 Å². The normalized spacial score (nSPS) is 11.2. The lowest BCUT2D eigenvalue weighted by atomic mass is 10.2. The van der Waals surface area contributed by atoms with Gasteiger partial charge >= 0.3 is 6.18 Å². The van der Waals surface area contributed by atoms with Gasteiger partial charge in [-0.25, -0.2) is 4.98 Å². The molecular weight excluding hydrogens is 237 g/mol. The van der Waals surface area contributed by atoms with Crippen LogP contribution in [0.3, 0.4) is 0 Å². The molecule has 0 spiro atoms. The predicted molar refractivity (Wildman–Crippen MR) is 55.0 cm³/mol. The number of aromatic nitrogens is 1. The first kappa shape index (κ1) is 12.8. The maximum atomic E-state index is 12.4. The maximum absolute atomic E-state index is 12.4. The molecule has 0 saturated heterocycles. The number of nitriles is 1. The Morgan fingerprint density at radius 1 is 1.44 bits per heavy atom. The second kappa shape index (κ2) is 5.21. The van der Waals surface area contributed by atoms with Crippen LogP contribution in [0, 0.1) is 11.3 Å². The minimum Gasteiger partial charge on any atom is -0.236 e. The lowest BCUT2D eigenvalue weighted by Crippen LogP contribution is -2.08. The van der Waals surface area contributed by atoms with Crippen LogP contribution >= 0.6 is 11.8 Å². The van der Waals surface area contributed by atoms with E-state index in [4.69, 9.17) is 5.26 Å². The molecule has 1 heterocycles. The molecule has 0 unspecified atom stereocenters. The second-order valence-electron chi connectivity index (χ2n) is 3.01. The Hall–Kier alpha value is -1.22. The summed E-state index contributed by atoms with van der Waals surface area (Å²) in [5, 5.41) is 8.88. The van der Waals surface area contributed by atoms with Crippen molar-refractivity contribution in [3.63, 3.8) is 0 Å². The van der Waals surface area contributed by atoms with E-state index in [1.54, 1.807) is 0 Å². The minimum atomic E-state index is -4.46. The molecule has 1 aromatic heterocycles. The summed E-state index contributed by atoms with van der Waals surface area (Å²) in [6, 6.07) is 3.82. The number of nitrogens with zero attached hydrogens (tertiary/aromatic N) is 2. The zero-order valence-electron chi connectivity index (χ0n) is 8.51. The average molecular weight is 246 g/mol. The molecule has 1 rings (SSSR count). The molecule has 0 saturated carbocycles. The molecule has 0 aliphatic carbocycles. The Bertz CT molecular complexity index is 410. The van der Waals surface area contributed by atoms with Gasteiger partial charge < -0.3 is 0 Å². The molecule has 16 heavy (non-hydrogen) atoms. The van der Waals surface area contributed by atoms with Crippen LogP contribution in [0.5, 0.6) is 0 Å². The summed E-state index contributed by atoms with van der Waals surface area (Å²) in [5.74, 6) is 0.642. The molecule has 0 aromatic carbocycles. The van der Waals surface area contributed by atoms with Crippen molar-refractivity contribution in [1.82, 2.24) is 4.98 Å². The van der Waals surface area contributed by atoms with Gasteiger partial charge in [-0.2, -0.15) is 18.4 Å². The summed E-state index contributed by atoms with van der Waals surface area (Å²) >= 11 is 1.17. The fourth-order valence-corrected chi connectivity index (χ4v) is 1.82. The van der Waals surface area contributed by atoms with Gasteiger partial charge in [0.05, 0.1) is 5.56 Å². The van der Waals surface area contributed by atoms with Crippen LogP contribution < -0.4 is 0 Å². The SMILES string of the molecule is CCCSc1nc(C(F)(F)F)ccc1C#N. The molecule has 0 fully saturated rings. The molecule has 0 bridgehead atoms. The summed E-state index contributed by atoms with van der Waals surface area (Å²) in [6.07, 6.45) is -3.65. The third-order valence-corrected chi connectivity index (χ3v) is 2.91. The average Bonchev–Trinajstić information content (AvgIpc) is 2.24. The molecule has 0 atom stereocenters. The third-order valence-electron chi connectivity index (χ3n) is 1.71. The predicted octanol–water partition coefficient (Wildman–Crippen LogP) is 3.47. The van der Waals surface area contributed by atoms with E-state index < -0.39 is 11.9 Å². The number of alkyl halides is 3. The van der Waals surface area contributed by atoms with Gasteiger partial charge in [-0.1, -0.05) is 6.92 Å². The highest BCUT2D eigenvalue weighted by Crippen LogP contribution is 2.30. The summed E-state index contributed by atoms with van der Waals surface area (Å²) in [4.78, 5) is 3.47. The van der Waals surface area contributed by atoms with Crippen molar-refractivity contribution in [2.24, 2.45) is 0 Å². The first-order chi connectivity index (χ1) is 7.49. The number of thioether (sulfide) groups is 1. The topological polar surface area (TPSA) is 36.7 Å². The second-order valence-corrected chi connectivity index (χ2v) is 4.09. The molecule has 0 N–H and O–H groups in total. The number of rotatable bonds is 3. The molecule has 0 aliphatic heterocycles. The van der Waals surface area contributed by atoms with Gasteiger partial charge in [0.15, 0.2) is 0 Å². The highest BCUT2D eigenvalue weighted by Gasteiger charge is 2.33. The van der Waals surface area contributed by atoms with Crippen LogP contribution in [0.25, 0.3) is 0 Å². The first-order valence-corrected chi connectivity index (χ1v) is 5.58. The lowest BCUT2D eigenvalue weighted by Gasteiger charge is -2.08. The monoisotopic (exact) mass is 246 g/mol. The Kier molecular flexibility index (Phi) is 4.19.